The Labute approximate surface area is 71.8 Å². The van der Waals surface area contributed by atoms with Gasteiger partial charge in [-0.2, -0.15) is 0 Å². The maximum atomic E-state index is 4.29. The van der Waals surface area contributed by atoms with E-state index < -0.39 is 0 Å². The first-order valence-electron chi connectivity index (χ1n) is 4.68. The van der Waals surface area contributed by atoms with Crippen LogP contribution in [0.1, 0.15) is 24.2 Å². The number of aromatic nitrogens is 2. The van der Waals surface area contributed by atoms with E-state index in [1.807, 2.05) is 6.33 Å². The average Bonchev–Trinajstić information content (AvgIpc) is 2.84. The third-order valence-electron chi connectivity index (χ3n) is 2.87. The Hall–Kier alpha value is -0.830. The van der Waals surface area contributed by atoms with Crippen LogP contribution in [0.2, 0.25) is 0 Å². The molecule has 0 radical (unpaired) electrons. The molecular weight excluding hydrogens is 150 g/mol. The molecule has 0 bridgehead atoms. The predicted octanol–water partition coefficient (Wildman–Crippen LogP) is 0.930. The molecule has 1 saturated carbocycles. The summed E-state index contributed by atoms with van der Waals surface area (Å²) in [6.45, 7) is 2.31. The molecule has 1 aliphatic heterocycles. The molecule has 1 aliphatic carbocycles. The number of hydrogen-bond acceptors (Lipinski definition) is 2. The summed E-state index contributed by atoms with van der Waals surface area (Å²) in [7, 11) is 0. The van der Waals surface area contributed by atoms with Crippen LogP contribution < -0.4 is 0 Å². The van der Waals surface area contributed by atoms with Crippen LogP contribution in [-0.2, 0) is 13.0 Å². The van der Waals surface area contributed by atoms with Crippen LogP contribution in [0.5, 0.6) is 0 Å². The zero-order valence-corrected chi connectivity index (χ0v) is 7.08. The highest BCUT2D eigenvalue weighted by atomic mass is 15.2. The Morgan fingerprint density at radius 1 is 1.50 bits per heavy atom. The summed E-state index contributed by atoms with van der Waals surface area (Å²) < 4.78 is 0. The van der Waals surface area contributed by atoms with Crippen molar-refractivity contribution in [3.63, 3.8) is 0 Å². The van der Waals surface area contributed by atoms with Crippen molar-refractivity contribution in [2.45, 2.75) is 31.8 Å². The summed E-state index contributed by atoms with van der Waals surface area (Å²) in [5, 5.41) is 0. The molecule has 0 amide bonds. The van der Waals surface area contributed by atoms with Crippen LogP contribution in [0.4, 0.5) is 0 Å². The van der Waals surface area contributed by atoms with Gasteiger partial charge < -0.3 is 4.98 Å². The van der Waals surface area contributed by atoms with E-state index in [1.54, 1.807) is 0 Å². The quantitative estimate of drug-likeness (QED) is 0.668. The first-order valence-corrected chi connectivity index (χ1v) is 4.68. The summed E-state index contributed by atoms with van der Waals surface area (Å²) in [5.74, 6) is 0. The van der Waals surface area contributed by atoms with Gasteiger partial charge in [0.2, 0.25) is 0 Å². The number of aromatic amines is 1. The number of nitrogens with one attached hydrogen (secondary N) is 1. The van der Waals surface area contributed by atoms with Crippen LogP contribution in [0.3, 0.4) is 0 Å². The van der Waals surface area contributed by atoms with Gasteiger partial charge in [-0.15, -0.1) is 0 Å². The molecule has 0 atom stereocenters. The second kappa shape index (κ2) is 2.33. The van der Waals surface area contributed by atoms with Crippen molar-refractivity contribution in [2.75, 3.05) is 6.54 Å². The van der Waals surface area contributed by atoms with Gasteiger partial charge in [-0.25, -0.2) is 4.98 Å². The zero-order valence-electron chi connectivity index (χ0n) is 7.08. The third kappa shape index (κ3) is 0.966. The van der Waals surface area contributed by atoms with E-state index >= 15 is 0 Å². The van der Waals surface area contributed by atoms with Gasteiger partial charge >= 0.3 is 0 Å². The molecule has 1 aromatic rings. The number of rotatable bonds is 1. The Morgan fingerprint density at radius 2 is 2.42 bits per heavy atom. The Balaban J connectivity index is 1.83. The summed E-state index contributed by atoms with van der Waals surface area (Å²) >= 11 is 0. The van der Waals surface area contributed by atoms with Gasteiger partial charge in [-0.1, -0.05) is 0 Å². The highest BCUT2D eigenvalue weighted by Crippen LogP contribution is 2.30. The summed E-state index contributed by atoms with van der Waals surface area (Å²) in [6.07, 6.45) is 5.77. The maximum absolute atomic E-state index is 4.29. The normalized spacial score (nSPS) is 24.0. The lowest BCUT2D eigenvalue weighted by Gasteiger charge is -2.25. The van der Waals surface area contributed by atoms with Crippen molar-refractivity contribution < 1.29 is 0 Å². The molecule has 1 fully saturated rings. The molecule has 12 heavy (non-hydrogen) atoms. The molecule has 64 valence electrons. The minimum Gasteiger partial charge on any atom is -0.347 e. The lowest BCUT2D eigenvalue weighted by molar-refractivity contribution is 0.240. The van der Waals surface area contributed by atoms with Crippen molar-refractivity contribution in [1.29, 1.82) is 0 Å². The monoisotopic (exact) mass is 163 g/mol. The van der Waals surface area contributed by atoms with Crippen molar-refractivity contribution in [3.05, 3.63) is 17.7 Å². The fourth-order valence-electron chi connectivity index (χ4n) is 1.98. The summed E-state index contributed by atoms with van der Waals surface area (Å²) in [5.41, 5.74) is 2.63. The topological polar surface area (TPSA) is 31.9 Å². The fourth-order valence-corrected chi connectivity index (χ4v) is 1.98. The number of nitrogens with zero attached hydrogens (tertiary/aromatic N) is 2. The SMILES string of the molecule is c1nc2c([nH]1)CN(C1CC1)CC2. The lowest BCUT2D eigenvalue weighted by atomic mass is 10.1. The average molecular weight is 163 g/mol. The van der Waals surface area contributed by atoms with E-state index in [4.69, 9.17) is 0 Å². The van der Waals surface area contributed by atoms with Gasteiger partial charge in [-0.05, 0) is 12.8 Å². The molecule has 2 aliphatic rings. The van der Waals surface area contributed by atoms with Gasteiger partial charge in [-0.3, -0.25) is 4.90 Å². The fraction of sp³-hybridized carbons (Fsp3) is 0.667. The van der Waals surface area contributed by atoms with Crippen LogP contribution in [-0.4, -0.2) is 27.5 Å². The highest BCUT2D eigenvalue weighted by molar-refractivity contribution is 5.15. The van der Waals surface area contributed by atoms with Gasteiger partial charge in [0.25, 0.3) is 0 Å². The van der Waals surface area contributed by atoms with Gasteiger partial charge in [0.05, 0.1) is 17.7 Å². The van der Waals surface area contributed by atoms with E-state index in [0.29, 0.717) is 0 Å². The molecule has 3 nitrogen and oxygen atoms in total. The van der Waals surface area contributed by atoms with E-state index in [9.17, 15) is 0 Å². The predicted molar refractivity (Wildman–Crippen MR) is 45.7 cm³/mol. The number of imidazole rings is 1. The summed E-state index contributed by atoms with van der Waals surface area (Å²) in [4.78, 5) is 10.1. The van der Waals surface area contributed by atoms with Crippen molar-refractivity contribution >= 4 is 0 Å². The molecule has 0 spiro atoms. The van der Waals surface area contributed by atoms with Gasteiger partial charge in [0, 0.05) is 25.6 Å². The molecule has 1 aromatic heterocycles. The molecule has 0 unspecified atom stereocenters. The molecule has 0 saturated heterocycles. The molecule has 3 rings (SSSR count). The molecule has 3 heteroatoms. The second-order valence-corrected chi connectivity index (χ2v) is 3.78. The Bertz CT molecular complexity index is 288. The van der Waals surface area contributed by atoms with Gasteiger partial charge in [0.1, 0.15) is 0 Å². The lowest BCUT2D eigenvalue weighted by Crippen LogP contribution is -2.32. The van der Waals surface area contributed by atoms with Gasteiger partial charge in [0.15, 0.2) is 0 Å². The minimum absolute atomic E-state index is 0.890. The minimum atomic E-state index is 0.890. The molecule has 1 N–H and O–H groups in total. The molecule has 2 heterocycles. The first-order chi connectivity index (χ1) is 5.93. The largest absolute Gasteiger partial charge is 0.347 e. The highest BCUT2D eigenvalue weighted by Gasteiger charge is 2.31. The summed E-state index contributed by atoms with van der Waals surface area (Å²) in [6, 6.07) is 0.890. The smallest absolute Gasteiger partial charge is 0.0925 e. The zero-order chi connectivity index (χ0) is 7.97. The Morgan fingerprint density at radius 3 is 3.25 bits per heavy atom. The maximum Gasteiger partial charge on any atom is 0.0925 e. The first kappa shape index (κ1) is 6.66. The molecular formula is C9H13N3. The number of fused-ring (bicyclic) bond motifs is 1. The van der Waals surface area contributed by atoms with Crippen LogP contribution in [0.15, 0.2) is 6.33 Å². The Kier molecular flexibility index (Phi) is 1.29. The number of hydrogen-bond donors (Lipinski definition) is 1. The molecule has 0 aromatic carbocycles. The van der Waals surface area contributed by atoms with Crippen molar-refractivity contribution in [1.82, 2.24) is 14.9 Å². The van der Waals surface area contributed by atoms with E-state index in [-0.39, 0.29) is 0 Å². The third-order valence-corrected chi connectivity index (χ3v) is 2.87. The van der Waals surface area contributed by atoms with Crippen molar-refractivity contribution in [2.24, 2.45) is 0 Å². The van der Waals surface area contributed by atoms with Crippen LogP contribution in [0, 0.1) is 0 Å². The standard InChI is InChI=1S/C9H13N3/c1-2-7(1)12-4-3-8-9(5-12)11-6-10-8/h6-7H,1-5H2,(H,10,11). The van der Waals surface area contributed by atoms with Crippen molar-refractivity contribution in [3.8, 4) is 0 Å². The number of H-pyrrole nitrogens is 1. The second-order valence-electron chi connectivity index (χ2n) is 3.78. The van der Waals surface area contributed by atoms with Crippen LogP contribution in [0.25, 0.3) is 0 Å². The van der Waals surface area contributed by atoms with E-state index in [1.165, 1.54) is 30.8 Å². The van der Waals surface area contributed by atoms with Crippen LogP contribution >= 0.6 is 0 Å². The van der Waals surface area contributed by atoms with E-state index in [2.05, 4.69) is 14.9 Å². The van der Waals surface area contributed by atoms with E-state index in [0.717, 1.165) is 19.0 Å².